The van der Waals surface area contributed by atoms with Crippen molar-refractivity contribution >= 4 is 0 Å². The molecule has 0 aromatic carbocycles. The highest BCUT2D eigenvalue weighted by Gasteiger charge is 2.15. The van der Waals surface area contributed by atoms with Crippen molar-refractivity contribution in [2.75, 3.05) is 6.54 Å². The lowest BCUT2D eigenvalue weighted by atomic mass is 9.87. The molecule has 0 saturated carbocycles. The first-order valence-electron chi connectivity index (χ1n) is 6.88. The molecule has 0 aliphatic heterocycles. The van der Waals surface area contributed by atoms with E-state index in [4.69, 9.17) is 10.2 Å². The van der Waals surface area contributed by atoms with Crippen LogP contribution in [0.25, 0.3) is 0 Å². The van der Waals surface area contributed by atoms with Gasteiger partial charge in [0.15, 0.2) is 0 Å². The Bertz CT molecular complexity index is 314. The summed E-state index contributed by atoms with van der Waals surface area (Å²) < 4.78 is 5.33. The molecule has 0 amide bonds. The van der Waals surface area contributed by atoms with E-state index in [-0.39, 0.29) is 6.04 Å². The number of furan rings is 1. The summed E-state index contributed by atoms with van der Waals surface area (Å²) in [5, 5.41) is 3.50. The summed E-state index contributed by atoms with van der Waals surface area (Å²) in [6, 6.07) is 4.66. The van der Waals surface area contributed by atoms with Crippen LogP contribution in [0.2, 0.25) is 0 Å². The van der Waals surface area contributed by atoms with Crippen LogP contribution in [0.5, 0.6) is 0 Å². The van der Waals surface area contributed by atoms with E-state index >= 15 is 0 Å². The van der Waals surface area contributed by atoms with Gasteiger partial charge < -0.3 is 15.5 Å². The van der Waals surface area contributed by atoms with Crippen molar-refractivity contribution in [3.05, 3.63) is 24.2 Å². The number of hydrogen-bond acceptors (Lipinski definition) is 3. The molecule has 0 aliphatic rings. The molecule has 0 fully saturated rings. The van der Waals surface area contributed by atoms with E-state index in [9.17, 15) is 0 Å². The van der Waals surface area contributed by atoms with Crippen LogP contribution in [0.4, 0.5) is 0 Å². The maximum atomic E-state index is 6.12. The molecule has 104 valence electrons. The van der Waals surface area contributed by atoms with E-state index in [0.29, 0.717) is 11.5 Å². The Labute approximate surface area is 111 Å². The summed E-state index contributed by atoms with van der Waals surface area (Å²) in [5.74, 6) is 1.04. The van der Waals surface area contributed by atoms with Gasteiger partial charge in [0, 0.05) is 18.5 Å². The molecule has 0 radical (unpaired) electrons. The van der Waals surface area contributed by atoms with Crippen LogP contribution in [0.1, 0.15) is 46.3 Å². The fraction of sp³-hybridized carbons (Fsp3) is 0.733. The highest BCUT2D eigenvalue weighted by atomic mass is 16.3. The van der Waals surface area contributed by atoms with Gasteiger partial charge in [-0.3, -0.25) is 0 Å². The molecule has 1 aromatic heterocycles. The van der Waals surface area contributed by atoms with E-state index in [2.05, 4.69) is 33.0 Å². The second-order valence-electron chi connectivity index (χ2n) is 6.45. The van der Waals surface area contributed by atoms with Crippen LogP contribution in [0, 0.1) is 5.41 Å². The third-order valence-electron chi connectivity index (χ3n) is 2.97. The number of nitrogens with one attached hydrogen (secondary N) is 1. The number of nitrogens with two attached hydrogens (primary N) is 1. The molecule has 1 heterocycles. The lowest BCUT2D eigenvalue weighted by Crippen LogP contribution is -2.34. The van der Waals surface area contributed by atoms with E-state index in [1.54, 1.807) is 6.26 Å². The van der Waals surface area contributed by atoms with Gasteiger partial charge in [-0.1, -0.05) is 20.8 Å². The fourth-order valence-electron chi connectivity index (χ4n) is 2.21. The summed E-state index contributed by atoms with van der Waals surface area (Å²) >= 11 is 0. The highest BCUT2D eigenvalue weighted by Crippen LogP contribution is 2.20. The van der Waals surface area contributed by atoms with E-state index < -0.39 is 0 Å². The minimum Gasteiger partial charge on any atom is -0.469 e. The van der Waals surface area contributed by atoms with Crippen LogP contribution in [-0.2, 0) is 6.42 Å². The zero-order valence-corrected chi connectivity index (χ0v) is 12.2. The minimum absolute atomic E-state index is 0.285. The second kappa shape index (κ2) is 6.95. The second-order valence-corrected chi connectivity index (χ2v) is 6.45. The van der Waals surface area contributed by atoms with Gasteiger partial charge in [0.2, 0.25) is 0 Å². The largest absolute Gasteiger partial charge is 0.469 e. The lowest BCUT2D eigenvalue weighted by molar-refractivity contribution is 0.326. The Morgan fingerprint density at radius 1 is 1.39 bits per heavy atom. The molecule has 2 atom stereocenters. The maximum Gasteiger partial charge on any atom is 0.105 e. The quantitative estimate of drug-likeness (QED) is 0.784. The molecule has 3 heteroatoms. The highest BCUT2D eigenvalue weighted by molar-refractivity contribution is 4.99. The average Bonchev–Trinajstić information content (AvgIpc) is 2.67. The number of rotatable bonds is 7. The fourth-order valence-corrected chi connectivity index (χ4v) is 2.21. The minimum atomic E-state index is 0.285. The van der Waals surface area contributed by atoms with Crippen LogP contribution < -0.4 is 11.1 Å². The SMILES string of the molecule is CC(Cc1ccco1)NCCC(N)CC(C)(C)C. The monoisotopic (exact) mass is 252 g/mol. The van der Waals surface area contributed by atoms with Crippen molar-refractivity contribution in [2.24, 2.45) is 11.1 Å². The van der Waals surface area contributed by atoms with Gasteiger partial charge in [-0.25, -0.2) is 0 Å². The van der Waals surface area contributed by atoms with Crippen LogP contribution >= 0.6 is 0 Å². The van der Waals surface area contributed by atoms with Crippen molar-refractivity contribution < 1.29 is 4.42 Å². The van der Waals surface area contributed by atoms with Gasteiger partial charge in [-0.2, -0.15) is 0 Å². The van der Waals surface area contributed by atoms with Crippen molar-refractivity contribution in [1.29, 1.82) is 0 Å². The predicted molar refractivity (Wildman–Crippen MR) is 76.5 cm³/mol. The molecule has 0 aliphatic carbocycles. The average molecular weight is 252 g/mol. The molecular formula is C15H28N2O. The van der Waals surface area contributed by atoms with E-state index in [0.717, 1.165) is 31.6 Å². The summed E-state index contributed by atoms with van der Waals surface area (Å²) in [6.45, 7) is 9.86. The molecule has 18 heavy (non-hydrogen) atoms. The van der Waals surface area contributed by atoms with E-state index in [1.807, 2.05) is 12.1 Å². The maximum absolute atomic E-state index is 6.12. The van der Waals surface area contributed by atoms with Gasteiger partial charge in [-0.05, 0) is 43.9 Å². The first kappa shape index (κ1) is 15.3. The summed E-state index contributed by atoms with van der Waals surface area (Å²) in [7, 11) is 0. The Hall–Kier alpha value is -0.800. The standard InChI is InChI=1S/C15H28N2O/c1-12(10-14-6-5-9-18-14)17-8-7-13(16)11-15(2,3)4/h5-6,9,12-13,17H,7-8,10-11,16H2,1-4H3. The first-order chi connectivity index (χ1) is 8.37. The Morgan fingerprint density at radius 3 is 2.67 bits per heavy atom. The van der Waals surface area contributed by atoms with Crippen molar-refractivity contribution in [2.45, 2.75) is 59.0 Å². The molecule has 0 saturated heterocycles. The molecule has 0 bridgehead atoms. The predicted octanol–water partition coefficient (Wildman–Crippen LogP) is 2.95. The first-order valence-corrected chi connectivity index (χ1v) is 6.88. The molecule has 3 N–H and O–H groups in total. The normalized spacial score (nSPS) is 15.6. The topological polar surface area (TPSA) is 51.2 Å². The molecule has 1 rings (SSSR count). The molecule has 1 aromatic rings. The third-order valence-corrected chi connectivity index (χ3v) is 2.97. The molecular weight excluding hydrogens is 224 g/mol. The Kier molecular flexibility index (Phi) is 5.89. The van der Waals surface area contributed by atoms with Gasteiger partial charge in [0.1, 0.15) is 5.76 Å². The van der Waals surface area contributed by atoms with Gasteiger partial charge in [-0.15, -0.1) is 0 Å². The van der Waals surface area contributed by atoms with Gasteiger partial charge in [0.05, 0.1) is 6.26 Å². The van der Waals surface area contributed by atoms with Crippen molar-refractivity contribution in [1.82, 2.24) is 5.32 Å². The summed E-state index contributed by atoms with van der Waals surface area (Å²) in [6.07, 6.45) is 4.75. The smallest absolute Gasteiger partial charge is 0.105 e. The molecule has 3 nitrogen and oxygen atoms in total. The summed E-state index contributed by atoms with van der Waals surface area (Å²) in [4.78, 5) is 0. The third kappa shape index (κ3) is 6.82. The molecule has 0 spiro atoms. The zero-order valence-electron chi connectivity index (χ0n) is 12.2. The van der Waals surface area contributed by atoms with Gasteiger partial charge >= 0.3 is 0 Å². The zero-order chi connectivity index (χ0) is 13.6. The van der Waals surface area contributed by atoms with Crippen LogP contribution in [0.3, 0.4) is 0 Å². The van der Waals surface area contributed by atoms with Gasteiger partial charge in [0.25, 0.3) is 0 Å². The van der Waals surface area contributed by atoms with Crippen LogP contribution in [0.15, 0.2) is 22.8 Å². The lowest BCUT2D eigenvalue weighted by Gasteiger charge is -2.23. The Morgan fingerprint density at radius 2 is 2.11 bits per heavy atom. The van der Waals surface area contributed by atoms with E-state index in [1.165, 1.54) is 0 Å². The number of hydrogen-bond donors (Lipinski definition) is 2. The van der Waals surface area contributed by atoms with Crippen LogP contribution in [-0.4, -0.2) is 18.6 Å². The summed E-state index contributed by atoms with van der Waals surface area (Å²) in [5.41, 5.74) is 6.44. The Balaban J connectivity index is 2.13. The van der Waals surface area contributed by atoms with Crippen molar-refractivity contribution in [3.63, 3.8) is 0 Å². The molecule has 2 unspecified atom stereocenters. The van der Waals surface area contributed by atoms with Crippen molar-refractivity contribution in [3.8, 4) is 0 Å².